The van der Waals surface area contributed by atoms with Gasteiger partial charge in [-0.3, -0.25) is 4.99 Å². The molecule has 3 N–H and O–H groups in total. The Morgan fingerprint density at radius 1 is 1.35 bits per heavy atom. The smallest absolute Gasteiger partial charge is 0.188 e. The number of likely N-dealkylation sites (tertiary alicyclic amines) is 1. The lowest BCUT2D eigenvalue weighted by molar-refractivity contribution is 0.117. The lowest BCUT2D eigenvalue weighted by Crippen LogP contribution is -2.38. The first kappa shape index (κ1) is 12.6. The quantitative estimate of drug-likeness (QED) is 0.531. The summed E-state index contributed by atoms with van der Waals surface area (Å²) < 4.78 is 5.49. The molecule has 0 amide bonds. The van der Waals surface area contributed by atoms with Crippen LogP contribution in [0.2, 0.25) is 0 Å². The van der Waals surface area contributed by atoms with E-state index in [-0.39, 0.29) is 6.10 Å². The summed E-state index contributed by atoms with van der Waals surface area (Å²) in [4.78, 5) is 6.77. The molecule has 0 saturated carbocycles. The van der Waals surface area contributed by atoms with Crippen molar-refractivity contribution < 1.29 is 4.74 Å². The van der Waals surface area contributed by atoms with Crippen LogP contribution in [0.4, 0.5) is 0 Å². The Hall–Kier alpha value is -0.810. The average Bonchev–Trinajstić information content (AvgIpc) is 2.99. The van der Waals surface area contributed by atoms with Gasteiger partial charge in [0.15, 0.2) is 5.96 Å². The SMILES string of the molecule is NC(=NCC1CCCO1)NCCN1CCCC1. The molecule has 5 heteroatoms. The molecule has 2 aliphatic heterocycles. The molecule has 2 aliphatic rings. The molecule has 17 heavy (non-hydrogen) atoms. The van der Waals surface area contributed by atoms with Crippen molar-refractivity contribution in [3.8, 4) is 0 Å². The summed E-state index contributed by atoms with van der Waals surface area (Å²) in [6.07, 6.45) is 5.23. The van der Waals surface area contributed by atoms with Crippen LogP contribution < -0.4 is 11.1 Å². The Morgan fingerprint density at radius 3 is 2.88 bits per heavy atom. The molecular formula is C12H24N4O. The number of rotatable bonds is 5. The lowest BCUT2D eigenvalue weighted by Gasteiger charge is -2.15. The molecule has 2 heterocycles. The molecular weight excluding hydrogens is 216 g/mol. The van der Waals surface area contributed by atoms with Crippen LogP contribution >= 0.6 is 0 Å². The molecule has 5 nitrogen and oxygen atoms in total. The molecule has 1 unspecified atom stereocenters. The number of aliphatic imine (C=N–C) groups is 1. The first-order valence-electron chi connectivity index (χ1n) is 6.72. The van der Waals surface area contributed by atoms with E-state index >= 15 is 0 Å². The summed E-state index contributed by atoms with van der Waals surface area (Å²) in [5, 5.41) is 3.16. The second-order valence-corrected chi connectivity index (χ2v) is 4.84. The highest BCUT2D eigenvalue weighted by Gasteiger charge is 2.14. The van der Waals surface area contributed by atoms with Crippen LogP contribution in [0.3, 0.4) is 0 Å². The maximum atomic E-state index is 5.80. The van der Waals surface area contributed by atoms with Gasteiger partial charge in [-0.25, -0.2) is 0 Å². The second kappa shape index (κ2) is 6.81. The fourth-order valence-electron chi connectivity index (χ4n) is 2.39. The fourth-order valence-corrected chi connectivity index (χ4v) is 2.39. The van der Waals surface area contributed by atoms with E-state index in [1.54, 1.807) is 0 Å². The van der Waals surface area contributed by atoms with Gasteiger partial charge in [0.25, 0.3) is 0 Å². The number of nitrogens with zero attached hydrogens (tertiary/aromatic N) is 2. The third kappa shape index (κ3) is 4.52. The van der Waals surface area contributed by atoms with Crippen LogP contribution in [0.1, 0.15) is 25.7 Å². The molecule has 0 radical (unpaired) electrons. The number of hydrogen-bond acceptors (Lipinski definition) is 3. The molecule has 0 aromatic carbocycles. The summed E-state index contributed by atoms with van der Waals surface area (Å²) >= 11 is 0. The Morgan fingerprint density at radius 2 is 2.18 bits per heavy atom. The third-order valence-corrected chi connectivity index (χ3v) is 3.42. The van der Waals surface area contributed by atoms with Crippen LogP contribution in [0, 0.1) is 0 Å². The van der Waals surface area contributed by atoms with E-state index in [1.165, 1.54) is 25.9 Å². The number of guanidine groups is 1. The van der Waals surface area contributed by atoms with E-state index in [9.17, 15) is 0 Å². The first-order valence-corrected chi connectivity index (χ1v) is 6.72. The van der Waals surface area contributed by atoms with Gasteiger partial charge in [-0.1, -0.05) is 0 Å². The molecule has 0 bridgehead atoms. The minimum atomic E-state index is 0.286. The second-order valence-electron chi connectivity index (χ2n) is 4.84. The van der Waals surface area contributed by atoms with E-state index in [0.717, 1.165) is 32.5 Å². The monoisotopic (exact) mass is 240 g/mol. The minimum absolute atomic E-state index is 0.286. The summed E-state index contributed by atoms with van der Waals surface area (Å²) in [7, 11) is 0. The molecule has 98 valence electrons. The number of ether oxygens (including phenoxy) is 1. The number of nitrogens with one attached hydrogen (secondary N) is 1. The zero-order chi connectivity index (χ0) is 11.9. The van der Waals surface area contributed by atoms with Crippen molar-refractivity contribution in [1.82, 2.24) is 10.2 Å². The van der Waals surface area contributed by atoms with Gasteiger partial charge in [0.05, 0.1) is 12.6 Å². The summed E-state index contributed by atoms with van der Waals surface area (Å²) in [5.41, 5.74) is 5.80. The van der Waals surface area contributed by atoms with Gasteiger partial charge >= 0.3 is 0 Å². The maximum absolute atomic E-state index is 5.80. The van der Waals surface area contributed by atoms with Crippen LogP contribution in [-0.4, -0.2) is 56.3 Å². The molecule has 2 rings (SSSR count). The van der Waals surface area contributed by atoms with Crippen LogP contribution in [0.5, 0.6) is 0 Å². The molecule has 0 aliphatic carbocycles. The third-order valence-electron chi connectivity index (χ3n) is 3.42. The Labute approximate surface area is 103 Å². The van der Waals surface area contributed by atoms with Crippen molar-refractivity contribution in [1.29, 1.82) is 0 Å². The topological polar surface area (TPSA) is 62.9 Å². The van der Waals surface area contributed by atoms with Crippen molar-refractivity contribution >= 4 is 5.96 Å². The predicted octanol–water partition coefficient (Wildman–Crippen LogP) is 0.166. The zero-order valence-corrected chi connectivity index (χ0v) is 10.5. The first-order chi connectivity index (χ1) is 8.34. The average molecular weight is 240 g/mol. The largest absolute Gasteiger partial charge is 0.376 e. The van der Waals surface area contributed by atoms with Crippen LogP contribution in [-0.2, 0) is 4.74 Å². The highest BCUT2D eigenvalue weighted by atomic mass is 16.5. The standard InChI is InChI=1S/C12H24N4O/c13-12(15-10-11-4-3-9-17-11)14-5-8-16-6-1-2-7-16/h11H,1-10H2,(H3,13,14,15). The van der Waals surface area contributed by atoms with E-state index in [1.807, 2.05) is 0 Å². The van der Waals surface area contributed by atoms with Gasteiger partial charge in [0, 0.05) is 19.7 Å². The summed E-state index contributed by atoms with van der Waals surface area (Å²) in [6, 6.07) is 0. The van der Waals surface area contributed by atoms with Gasteiger partial charge in [-0.05, 0) is 38.8 Å². The fraction of sp³-hybridized carbons (Fsp3) is 0.917. The molecule has 0 spiro atoms. The van der Waals surface area contributed by atoms with E-state index in [2.05, 4.69) is 15.2 Å². The number of nitrogens with two attached hydrogens (primary N) is 1. The summed E-state index contributed by atoms with van der Waals surface area (Å²) in [6.45, 7) is 5.99. The molecule has 0 aromatic heterocycles. The highest BCUT2D eigenvalue weighted by Crippen LogP contribution is 2.11. The zero-order valence-electron chi connectivity index (χ0n) is 10.5. The summed E-state index contributed by atoms with van der Waals surface area (Å²) in [5.74, 6) is 0.555. The van der Waals surface area contributed by atoms with E-state index in [4.69, 9.17) is 10.5 Å². The Bertz CT molecular complexity index is 245. The normalized spacial score (nSPS) is 26.6. The Balaban J connectivity index is 1.55. The lowest BCUT2D eigenvalue weighted by atomic mass is 10.2. The minimum Gasteiger partial charge on any atom is -0.376 e. The van der Waals surface area contributed by atoms with Gasteiger partial charge in [0.2, 0.25) is 0 Å². The Kier molecular flexibility index (Phi) is 5.07. The van der Waals surface area contributed by atoms with Crippen molar-refractivity contribution in [2.24, 2.45) is 10.7 Å². The van der Waals surface area contributed by atoms with E-state index in [0.29, 0.717) is 12.5 Å². The van der Waals surface area contributed by atoms with Crippen LogP contribution in [0.25, 0.3) is 0 Å². The maximum Gasteiger partial charge on any atom is 0.188 e. The van der Waals surface area contributed by atoms with E-state index < -0.39 is 0 Å². The molecule has 0 aromatic rings. The van der Waals surface area contributed by atoms with Crippen molar-refractivity contribution in [3.05, 3.63) is 0 Å². The highest BCUT2D eigenvalue weighted by molar-refractivity contribution is 5.77. The van der Waals surface area contributed by atoms with Crippen molar-refractivity contribution in [3.63, 3.8) is 0 Å². The van der Waals surface area contributed by atoms with Gasteiger partial charge in [-0.2, -0.15) is 0 Å². The molecule has 1 atom stereocenters. The number of hydrogen-bond donors (Lipinski definition) is 2. The van der Waals surface area contributed by atoms with Crippen molar-refractivity contribution in [2.75, 3.05) is 39.3 Å². The molecule has 2 fully saturated rings. The van der Waals surface area contributed by atoms with Crippen LogP contribution in [0.15, 0.2) is 4.99 Å². The van der Waals surface area contributed by atoms with Crippen molar-refractivity contribution in [2.45, 2.75) is 31.8 Å². The van der Waals surface area contributed by atoms with Gasteiger partial charge in [-0.15, -0.1) is 0 Å². The van der Waals surface area contributed by atoms with Gasteiger partial charge in [0.1, 0.15) is 0 Å². The van der Waals surface area contributed by atoms with Gasteiger partial charge < -0.3 is 20.7 Å². The molecule has 2 saturated heterocycles. The predicted molar refractivity (Wildman–Crippen MR) is 69.1 cm³/mol.